The molecule has 2 rings (SSSR count). The summed E-state index contributed by atoms with van der Waals surface area (Å²) in [5.74, 6) is 4.49. The quantitative estimate of drug-likeness (QED) is 0.557. The summed E-state index contributed by atoms with van der Waals surface area (Å²) >= 11 is 0. The van der Waals surface area contributed by atoms with Crippen LogP contribution in [-0.2, 0) is 6.61 Å². The predicted octanol–water partition coefficient (Wildman–Crippen LogP) is 1.19. The first-order valence-electron chi connectivity index (χ1n) is 5.10. The lowest BCUT2D eigenvalue weighted by molar-refractivity contribution is 0.275. The first kappa shape index (κ1) is 12.2. The van der Waals surface area contributed by atoms with Crippen molar-refractivity contribution in [1.29, 1.82) is 0 Å². The molecule has 6 nitrogen and oxygen atoms in total. The van der Waals surface area contributed by atoms with Crippen LogP contribution < -0.4 is 16.0 Å². The minimum absolute atomic E-state index is 0.0351. The highest BCUT2D eigenvalue weighted by Crippen LogP contribution is 2.26. The highest BCUT2D eigenvalue weighted by molar-refractivity contribution is 5.37. The molecule has 0 radical (unpaired) electrons. The molecule has 4 N–H and O–H groups in total. The Hall–Kier alpha value is -2.25. The summed E-state index contributed by atoms with van der Waals surface area (Å²) in [6, 6.07) is 6.70. The third-order valence-corrected chi connectivity index (χ3v) is 2.19. The average Bonchev–Trinajstić information content (AvgIpc) is 2.42. The van der Waals surface area contributed by atoms with Gasteiger partial charge in [-0.15, -0.1) is 0 Å². The highest BCUT2D eigenvalue weighted by Gasteiger charge is 2.11. The van der Waals surface area contributed by atoms with E-state index in [2.05, 4.69) is 15.4 Å². The Kier molecular flexibility index (Phi) is 3.66. The maximum absolute atomic E-state index is 13.4. The van der Waals surface area contributed by atoms with Crippen LogP contribution in [0.3, 0.4) is 0 Å². The molecule has 1 aromatic carbocycles. The minimum Gasteiger partial charge on any atom is -0.436 e. The van der Waals surface area contributed by atoms with Crippen molar-refractivity contribution in [3.05, 3.63) is 41.8 Å². The van der Waals surface area contributed by atoms with Gasteiger partial charge in [0.25, 0.3) is 5.88 Å². The van der Waals surface area contributed by atoms with Gasteiger partial charge in [-0.25, -0.2) is 10.8 Å². The number of hydrogen-bond acceptors (Lipinski definition) is 6. The number of aromatic nitrogens is 2. The smallest absolute Gasteiger partial charge is 0.260 e. The van der Waals surface area contributed by atoms with E-state index in [0.29, 0.717) is 11.3 Å². The molecule has 1 aromatic heterocycles. The van der Waals surface area contributed by atoms with Crippen molar-refractivity contribution in [1.82, 2.24) is 9.97 Å². The van der Waals surface area contributed by atoms with Crippen LogP contribution in [0.25, 0.3) is 0 Å². The van der Waals surface area contributed by atoms with Gasteiger partial charge in [0.15, 0.2) is 0 Å². The molecular weight excluding hydrogens is 239 g/mol. The number of ether oxygens (including phenoxy) is 1. The molecule has 1 heterocycles. The standard InChI is InChI=1S/C11H11FN4O2/c12-8-5-14-11(16-13)15-10(8)18-9-4-2-1-3-7(9)6-17/h1-5,17H,6,13H2,(H,14,15,16). The lowest BCUT2D eigenvalue weighted by Crippen LogP contribution is -2.11. The fourth-order valence-corrected chi connectivity index (χ4v) is 1.33. The molecule has 0 saturated heterocycles. The van der Waals surface area contributed by atoms with Crippen molar-refractivity contribution < 1.29 is 14.2 Å². The molecule has 0 aliphatic carbocycles. The SMILES string of the molecule is NNc1ncc(F)c(Oc2ccccc2CO)n1. The van der Waals surface area contributed by atoms with Crippen LogP contribution in [0.5, 0.6) is 11.6 Å². The highest BCUT2D eigenvalue weighted by atomic mass is 19.1. The average molecular weight is 250 g/mol. The Bertz CT molecular complexity index is 550. The van der Waals surface area contributed by atoms with Crippen molar-refractivity contribution in [2.45, 2.75) is 6.61 Å². The van der Waals surface area contributed by atoms with Gasteiger partial charge in [-0.05, 0) is 6.07 Å². The summed E-state index contributed by atoms with van der Waals surface area (Å²) in [5.41, 5.74) is 2.72. The fraction of sp³-hybridized carbons (Fsp3) is 0.0909. The zero-order chi connectivity index (χ0) is 13.0. The van der Waals surface area contributed by atoms with Crippen molar-refractivity contribution in [3.8, 4) is 11.6 Å². The van der Waals surface area contributed by atoms with Crippen LogP contribution in [0.15, 0.2) is 30.5 Å². The van der Waals surface area contributed by atoms with E-state index < -0.39 is 5.82 Å². The zero-order valence-corrected chi connectivity index (χ0v) is 9.30. The molecule has 0 atom stereocenters. The predicted molar refractivity (Wildman–Crippen MR) is 62.2 cm³/mol. The third kappa shape index (κ3) is 2.53. The number of nitrogens with two attached hydrogens (primary N) is 1. The summed E-state index contributed by atoms with van der Waals surface area (Å²) in [6.45, 7) is -0.217. The number of nitrogens with one attached hydrogen (secondary N) is 1. The molecule has 94 valence electrons. The van der Waals surface area contributed by atoms with Crippen molar-refractivity contribution >= 4 is 5.95 Å². The maximum Gasteiger partial charge on any atom is 0.260 e. The summed E-state index contributed by atoms with van der Waals surface area (Å²) in [7, 11) is 0. The zero-order valence-electron chi connectivity index (χ0n) is 9.30. The van der Waals surface area contributed by atoms with E-state index in [1.807, 2.05) is 0 Å². The van der Waals surface area contributed by atoms with Gasteiger partial charge in [-0.3, -0.25) is 5.43 Å². The number of para-hydroxylation sites is 1. The largest absolute Gasteiger partial charge is 0.436 e. The summed E-state index contributed by atoms with van der Waals surface area (Å²) in [5, 5.41) is 9.13. The first-order chi connectivity index (χ1) is 8.74. The number of anilines is 1. The second kappa shape index (κ2) is 5.39. The summed E-state index contributed by atoms with van der Waals surface area (Å²) in [4.78, 5) is 7.33. The maximum atomic E-state index is 13.4. The van der Waals surface area contributed by atoms with Gasteiger partial charge >= 0.3 is 0 Å². The number of aliphatic hydroxyl groups excluding tert-OH is 1. The minimum atomic E-state index is -0.721. The molecule has 0 unspecified atom stereocenters. The van der Waals surface area contributed by atoms with Crippen molar-refractivity contribution in [2.75, 3.05) is 5.43 Å². The molecule has 0 fully saturated rings. The molecule has 0 aliphatic heterocycles. The van der Waals surface area contributed by atoms with Gasteiger partial charge in [0.1, 0.15) is 5.75 Å². The van der Waals surface area contributed by atoms with Crippen LogP contribution in [-0.4, -0.2) is 15.1 Å². The molecule has 0 amide bonds. The monoisotopic (exact) mass is 250 g/mol. The fourth-order valence-electron chi connectivity index (χ4n) is 1.33. The number of halogens is 1. The number of rotatable bonds is 4. The summed E-state index contributed by atoms with van der Waals surface area (Å²) < 4.78 is 18.7. The van der Waals surface area contributed by atoms with E-state index in [4.69, 9.17) is 15.7 Å². The molecule has 0 aliphatic rings. The number of nitrogens with zero attached hydrogens (tertiary/aromatic N) is 2. The van der Waals surface area contributed by atoms with Crippen molar-refractivity contribution in [2.24, 2.45) is 5.84 Å². The van der Waals surface area contributed by atoms with Gasteiger partial charge < -0.3 is 9.84 Å². The van der Waals surface area contributed by atoms with Gasteiger partial charge in [0.2, 0.25) is 11.8 Å². The molecular formula is C11H11FN4O2. The molecule has 2 aromatic rings. The number of hydrogen-bond donors (Lipinski definition) is 3. The van der Waals surface area contributed by atoms with Crippen LogP contribution in [0.1, 0.15) is 5.56 Å². The Morgan fingerprint density at radius 3 is 2.89 bits per heavy atom. The second-order valence-corrected chi connectivity index (χ2v) is 3.36. The topological polar surface area (TPSA) is 93.3 Å². The molecule has 0 saturated carbocycles. The lowest BCUT2D eigenvalue weighted by Gasteiger charge is -2.09. The number of benzene rings is 1. The van der Waals surface area contributed by atoms with Gasteiger partial charge in [-0.1, -0.05) is 18.2 Å². The van der Waals surface area contributed by atoms with E-state index >= 15 is 0 Å². The Morgan fingerprint density at radius 1 is 1.39 bits per heavy atom. The number of nitrogen functional groups attached to an aromatic ring is 1. The molecule has 18 heavy (non-hydrogen) atoms. The van der Waals surface area contributed by atoms with E-state index in [1.165, 1.54) is 0 Å². The molecule has 0 spiro atoms. The van der Waals surface area contributed by atoms with Crippen LogP contribution in [0.2, 0.25) is 0 Å². The van der Waals surface area contributed by atoms with Crippen LogP contribution >= 0.6 is 0 Å². The van der Waals surface area contributed by atoms with Crippen LogP contribution in [0.4, 0.5) is 10.3 Å². The Morgan fingerprint density at radius 2 is 2.17 bits per heavy atom. The van der Waals surface area contributed by atoms with Gasteiger partial charge in [-0.2, -0.15) is 9.37 Å². The normalized spacial score (nSPS) is 10.2. The third-order valence-electron chi connectivity index (χ3n) is 2.19. The van der Waals surface area contributed by atoms with E-state index in [1.54, 1.807) is 24.3 Å². The van der Waals surface area contributed by atoms with Crippen LogP contribution in [0, 0.1) is 5.82 Å². The summed E-state index contributed by atoms with van der Waals surface area (Å²) in [6.07, 6.45) is 0.944. The van der Waals surface area contributed by atoms with E-state index in [0.717, 1.165) is 6.20 Å². The Balaban J connectivity index is 2.33. The lowest BCUT2D eigenvalue weighted by atomic mass is 10.2. The van der Waals surface area contributed by atoms with E-state index in [-0.39, 0.29) is 18.4 Å². The number of aliphatic hydroxyl groups is 1. The van der Waals surface area contributed by atoms with Crippen molar-refractivity contribution in [3.63, 3.8) is 0 Å². The molecule has 0 bridgehead atoms. The van der Waals surface area contributed by atoms with E-state index in [9.17, 15) is 4.39 Å². The van der Waals surface area contributed by atoms with Gasteiger partial charge in [0.05, 0.1) is 12.8 Å². The molecule has 7 heteroatoms. The second-order valence-electron chi connectivity index (χ2n) is 3.36. The first-order valence-corrected chi connectivity index (χ1v) is 5.10. The van der Waals surface area contributed by atoms with Gasteiger partial charge in [0, 0.05) is 5.56 Å². The number of hydrazine groups is 1. The Labute approximate surface area is 102 Å².